The van der Waals surface area contributed by atoms with Gasteiger partial charge in [0, 0.05) is 20.0 Å². The normalized spacial score (nSPS) is 26.2. The molecule has 1 aliphatic rings. The first-order valence-electron chi connectivity index (χ1n) is 6.81. The Bertz CT molecular complexity index is 761. The molecule has 0 amide bonds. The molecule has 0 unspecified atom stereocenters. The first kappa shape index (κ1) is 18.3. The zero-order chi connectivity index (χ0) is 18.0. The molecule has 1 aliphatic heterocycles. The van der Waals surface area contributed by atoms with Crippen LogP contribution in [0.25, 0.3) is 0 Å². The number of nitrogens with zero attached hydrogens (tertiary/aromatic N) is 1. The van der Waals surface area contributed by atoms with Crippen molar-refractivity contribution in [3.8, 4) is 0 Å². The Labute approximate surface area is 142 Å². The van der Waals surface area contributed by atoms with Crippen molar-refractivity contribution in [2.45, 2.75) is 38.5 Å². The van der Waals surface area contributed by atoms with E-state index in [9.17, 15) is 23.6 Å². The van der Waals surface area contributed by atoms with E-state index in [1.807, 2.05) is 4.98 Å². The minimum absolute atomic E-state index is 0.00891. The maximum atomic E-state index is 14.7. The average molecular weight is 409 g/mol. The van der Waals surface area contributed by atoms with E-state index in [2.05, 4.69) is 15.9 Å². The lowest BCUT2D eigenvalue weighted by atomic mass is 10.1. The number of nitrogens with one attached hydrogen (secondary N) is 1. The SMILES string of the molecule is CC(=O)OC[C@H]1O[C@@H](n2cc(Br)c(=O)[nH]c2=O)[C@H](F)[C@@H]1OC(C)=O. The predicted molar refractivity (Wildman–Crippen MR) is 80.0 cm³/mol. The Hall–Kier alpha value is -2.01. The van der Waals surface area contributed by atoms with Crippen LogP contribution >= 0.6 is 15.9 Å². The van der Waals surface area contributed by atoms with Crippen molar-refractivity contribution in [3.63, 3.8) is 0 Å². The van der Waals surface area contributed by atoms with Gasteiger partial charge >= 0.3 is 17.6 Å². The number of alkyl halides is 1. The monoisotopic (exact) mass is 408 g/mol. The lowest BCUT2D eigenvalue weighted by Gasteiger charge is -2.18. The highest BCUT2D eigenvalue weighted by Crippen LogP contribution is 2.33. The van der Waals surface area contributed by atoms with Crippen molar-refractivity contribution < 1.29 is 28.2 Å². The van der Waals surface area contributed by atoms with Crippen LogP contribution in [-0.2, 0) is 23.8 Å². The minimum atomic E-state index is -1.91. The predicted octanol–water partition coefficient (Wildman–Crippen LogP) is 0.0294. The van der Waals surface area contributed by atoms with Crippen molar-refractivity contribution in [3.05, 3.63) is 31.5 Å². The molecule has 0 aromatic carbocycles. The third kappa shape index (κ3) is 3.90. The Morgan fingerprint density at radius 2 is 2.04 bits per heavy atom. The number of ether oxygens (including phenoxy) is 3. The highest BCUT2D eigenvalue weighted by Gasteiger charge is 2.49. The van der Waals surface area contributed by atoms with Crippen LogP contribution in [0, 0.1) is 0 Å². The van der Waals surface area contributed by atoms with E-state index in [0.29, 0.717) is 0 Å². The van der Waals surface area contributed by atoms with Crippen molar-refractivity contribution in [2.75, 3.05) is 6.61 Å². The second-order valence-electron chi connectivity index (χ2n) is 5.03. The zero-order valence-corrected chi connectivity index (χ0v) is 14.2. The Morgan fingerprint density at radius 1 is 1.38 bits per heavy atom. The quantitative estimate of drug-likeness (QED) is 0.698. The number of carbonyl (C=O) groups excluding carboxylic acids is 2. The van der Waals surface area contributed by atoms with E-state index in [1.165, 1.54) is 0 Å². The topological polar surface area (TPSA) is 117 Å². The van der Waals surface area contributed by atoms with Gasteiger partial charge < -0.3 is 14.2 Å². The molecule has 4 atom stereocenters. The van der Waals surface area contributed by atoms with E-state index >= 15 is 0 Å². The fourth-order valence-corrected chi connectivity index (χ4v) is 2.55. The number of aromatic nitrogens is 2. The van der Waals surface area contributed by atoms with Crippen molar-refractivity contribution in [1.82, 2.24) is 9.55 Å². The summed E-state index contributed by atoms with van der Waals surface area (Å²) >= 11 is 2.93. The van der Waals surface area contributed by atoms with Gasteiger partial charge in [-0.2, -0.15) is 0 Å². The van der Waals surface area contributed by atoms with Gasteiger partial charge in [0.05, 0.1) is 4.47 Å². The minimum Gasteiger partial charge on any atom is -0.463 e. The third-order valence-corrected chi connectivity index (χ3v) is 3.78. The largest absolute Gasteiger partial charge is 0.463 e. The molecule has 11 heteroatoms. The molecular formula is C13H14BrFN2O7. The van der Waals surface area contributed by atoms with E-state index in [4.69, 9.17) is 14.2 Å². The molecule has 0 saturated carbocycles. The van der Waals surface area contributed by atoms with Gasteiger partial charge in [0.15, 0.2) is 18.5 Å². The molecular weight excluding hydrogens is 395 g/mol. The number of rotatable bonds is 4. The van der Waals surface area contributed by atoms with Crippen LogP contribution in [0.15, 0.2) is 20.3 Å². The molecule has 0 radical (unpaired) electrons. The molecule has 1 aromatic rings. The van der Waals surface area contributed by atoms with Crippen molar-refractivity contribution in [1.29, 1.82) is 0 Å². The number of esters is 2. The van der Waals surface area contributed by atoms with Crippen LogP contribution < -0.4 is 11.2 Å². The molecule has 9 nitrogen and oxygen atoms in total. The lowest BCUT2D eigenvalue weighted by molar-refractivity contribution is -0.156. The Morgan fingerprint density at radius 3 is 2.62 bits per heavy atom. The summed E-state index contributed by atoms with van der Waals surface area (Å²) in [5, 5.41) is 0. The molecule has 1 fully saturated rings. The molecule has 2 rings (SSSR count). The highest BCUT2D eigenvalue weighted by molar-refractivity contribution is 9.10. The van der Waals surface area contributed by atoms with Gasteiger partial charge in [-0.15, -0.1) is 0 Å². The number of halogens is 2. The molecule has 0 bridgehead atoms. The van der Waals surface area contributed by atoms with E-state index in [0.717, 1.165) is 24.6 Å². The first-order chi connectivity index (χ1) is 11.2. The maximum Gasteiger partial charge on any atom is 0.330 e. The summed E-state index contributed by atoms with van der Waals surface area (Å²) < 4.78 is 30.5. The summed E-state index contributed by atoms with van der Waals surface area (Å²) in [5.74, 6) is -1.38. The van der Waals surface area contributed by atoms with Crippen LogP contribution in [0.5, 0.6) is 0 Å². The van der Waals surface area contributed by atoms with Crippen LogP contribution in [0.4, 0.5) is 4.39 Å². The average Bonchev–Trinajstić information content (AvgIpc) is 2.77. The summed E-state index contributed by atoms with van der Waals surface area (Å²) in [7, 11) is 0. The van der Waals surface area contributed by atoms with Crippen LogP contribution in [0.2, 0.25) is 0 Å². The van der Waals surface area contributed by atoms with Crippen molar-refractivity contribution in [2.24, 2.45) is 0 Å². The van der Waals surface area contributed by atoms with Crippen molar-refractivity contribution >= 4 is 27.9 Å². The molecule has 1 N–H and O–H groups in total. The second-order valence-corrected chi connectivity index (χ2v) is 5.88. The molecule has 0 spiro atoms. The standard InChI is InChI=1S/C13H14BrFN2O7/c1-5(18)22-4-8-10(23-6(2)19)9(15)12(24-8)17-3-7(14)11(20)16-13(17)21/h3,8-10,12H,4H2,1-2H3,(H,16,20,21)/t8-,9-,10-,12-/m1/s1. The molecule has 0 aliphatic carbocycles. The molecule has 132 valence electrons. The maximum absolute atomic E-state index is 14.7. The number of hydrogen-bond donors (Lipinski definition) is 1. The summed E-state index contributed by atoms with van der Waals surface area (Å²) in [6.07, 6.45) is -4.78. The first-order valence-corrected chi connectivity index (χ1v) is 7.61. The van der Waals surface area contributed by atoms with Gasteiger partial charge in [-0.1, -0.05) is 0 Å². The fourth-order valence-electron chi connectivity index (χ4n) is 2.23. The van der Waals surface area contributed by atoms with Gasteiger partial charge in [-0.05, 0) is 15.9 Å². The molecule has 2 heterocycles. The van der Waals surface area contributed by atoms with Gasteiger partial charge in [-0.3, -0.25) is 23.9 Å². The zero-order valence-electron chi connectivity index (χ0n) is 12.7. The van der Waals surface area contributed by atoms with Gasteiger partial charge in [0.2, 0.25) is 0 Å². The number of aromatic amines is 1. The van der Waals surface area contributed by atoms with Crippen LogP contribution in [0.3, 0.4) is 0 Å². The molecule has 1 saturated heterocycles. The second kappa shape index (κ2) is 7.26. The molecule has 24 heavy (non-hydrogen) atoms. The third-order valence-electron chi connectivity index (χ3n) is 3.22. The van der Waals surface area contributed by atoms with Gasteiger partial charge in [0.25, 0.3) is 5.56 Å². The molecule has 1 aromatic heterocycles. The summed E-state index contributed by atoms with van der Waals surface area (Å²) in [5.41, 5.74) is -1.58. The summed E-state index contributed by atoms with van der Waals surface area (Å²) in [4.78, 5) is 47.3. The number of carbonyl (C=O) groups is 2. The van der Waals surface area contributed by atoms with E-state index < -0.39 is 47.8 Å². The van der Waals surface area contributed by atoms with Crippen LogP contribution in [0.1, 0.15) is 20.1 Å². The highest BCUT2D eigenvalue weighted by atomic mass is 79.9. The van der Waals surface area contributed by atoms with E-state index in [1.54, 1.807) is 0 Å². The Kier molecular flexibility index (Phi) is 5.54. The van der Waals surface area contributed by atoms with E-state index in [-0.39, 0.29) is 11.1 Å². The Balaban J connectivity index is 2.33. The van der Waals surface area contributed by atoms with Gasteiger partial charge in [0.1, 0.15) is 12.7 Å². The van der Waals surface area contributed by atoms with Gasteiger partial charge in [-0.25, -0.2) is 9.18 Å². The smallest absolute Gasteiger partial charge is 0.330 e. The van der Waals surface area contributed by atoms with Crippen LogP contribution in [-0.4, -0.2) is 46.5 Å². The number of H-pyrrole nitrogens is 1. The lowest BCUT2D eigenvalue weighted by Crippen LogP contribution is -2.38. The fraction of sp³-hybridized carbons (Fsp3) is 0.538. The summed E-state index contributed by atoms with van der Waals surface area (Å²) in [6, 6.07) is 0. The number of hydrogen-bond acceptors (Lipinski definition) is 7. The summed E-state index contributed by atoms with van der Waals surface area (Å²) in [6.45, 7) is 1.89.